The summed E-state index contributed by atoms with van der Waals surface area (Å²) in [6, 6.07) is 0. The summed E-state index contributed by atoms with van der Waals surface area (Å²) < 4.78 is 0. The minimum atomic E-state index is -0.0870. The lowest BCUT2D eigenvalue weighted by atomic mass is 9.47. The van der Waals surface area contributed by atoms with E-state index in [1.165, 1.54) is 44.9 Å². The molecule has 0 aliphatic heterocycles. The second-order valence-electron chi connectivity index (χ2n) is 12.4. The molecule has 0 aromatic heterocycles. The topological polar surface area (TPSA) is 20.2 Å². The molecule has 1 N–H and O–H groups in total. The summed E-state index contributed by atoms with van der Waals surface area (Å²) in [4.78, 5) is 0. The van der Waals surface area contributed by atoms with E-state index in [0.29, 0.717) is 16.7 Å². The standard InChI is InChI=1S/C29H48O/c1-7-21(19(2)3)9-8-20(4)25-12-13-26-24-11-10-22-18-23(30)14-16-28(22,5)27(24)15-17-29(25,26)6/h8-10,19-21,23-27,30H,7,11-18H2,1-6H3/b9-8-/t20-,21-,23-,24-,25+,26-,27-,28-,29+/m0/s1. The lowest BCUT2D eigenvalue weighted by Crippen LogP contribution is -2.50. The fourth-order valence-corrected chi connectivity index (χ4v) is 8.83. The maximum absolute atomic E-state index is 10.2. The first-order valence-electron chi connectivity index (χ1n) is 13.3. The Morgan fingerprint density at radius 1 is 1.03 bits per heavy atom. The molecule has 3 fully saturated rings. The molecular weight excluding hydrogens is 364 g/mol. The zero-order valence-corrected chi connectivity index (χ0v) is 20.7. The second kappa shape index (κ2) is 8.42. The lowest BCUT2D eigenvalue weighted by molar-refractivity contribution is -0.0540. The van der Waals surface area contributed by atoms with Gasteiger partial charge in [0.05, 0.1) is 6.10 Å². The van der Waals surface area contributed by atoms with Crippen molar-refractivity contribution in [3.63, 3.8) is 0 Å². The van der Waals surface area contributed by atoms with Crippen molar-refractivity contribution in [2.24, 2.45) is 52.3 Å². The maximum atomic E-state index is 10.2. The molecule has 9 atom stereocenters. The molecular formula is C29H48O. The molecule has 30 heavy (non-hydrogen) atoms. The first kappa shape index (κ1) is 22.6. The van der Waals surface area contributed by atoms with Gasteiger partial charge in [0, 0.05) is 0 Å². The Bertz CT molecular complexity index is 674. The van der Waals surface area contributed by atoms with E-state index in [0.717, 1.165) is 48.3 Å². The highest BCUT2D eigenvalue weighted by molar-refractivity contribution is 5.25. The van der Waals surface area contributed by atoms with Gasteiger partial charge in [-0.05, 0) is 110 Å². The molecule has 0 aromatic rings. The van der Waals surface area contributed by atoms with Crippen LogP contribution in [0.4, 0.5) is 0 Å². The molecule has 0 spiro atoms. The van der Waals surface area contributed by atoms with Crippen molar-refractivity contribution < 1.29 is 5.11 Å². The van der Waals surface area contributed by atoms with Crippen LogP contribution in [0.5, 0.6) is 0 Å². The minimum Gasteiger partial charge on any atom is -0.393 e. The van der Waals surface area contributed by atoms with E-state index in [2.05, 4.69) is 59.8 Å². The number of aliphatic hydroxyl groups is 1. The van der Waals surface area contributed by atoms with Gasteiger partial charge in [0.15, 0.2) is 0 Å². The average Bonchev–Trinajstić information content (AvgIpc) is 3.06. The minimum absolute atomic E-state index is 0.0870. The van der Waals surface area contributed by atoms with Crippen LogP contribution in [0.3, 0.4) is 0 Å². The molecule has 0 saturated heterocycles. The molecule has 4 aliphatic carbocycles. The fraction of sp³-hybridized carbons (Fsp3) is 0.862. The third-order valence-corrected chi connectivity index (χ3v) is 10.8. The Balaban J connectivity index is 1.52. The maximum Gasteiger partial charge on any atom is 0.0577 e. The van der Waals surface area contributed by atoms with Crippen molar-refractivity contribution in [2.75, 3.05) is 0 Å². The van der Waals surface area contributed by atoms with Crippen molar-refractivity contribution in [3.05, 3.63) is 23.8 Å². The van der Waals surface area contributed by atoms with Crippen LogP contribution in [0.2, 0.25) is 0 Å². The van der Waals surface area contributed by atoms with Crippen molar-refractivity contribution in [3.8, 4) is 0 Å². The molecule has 0 aromatic carbocycles. The van der Waals surface area contributed by atoms with Gasteiger partial charge >= 0.3 is 0 Å². The Morgan fingerprint density at radius 2 is 1.80 bits per heavy atom. The van der Waals surface area contributed by atoms with Gasteiger partial charge in [-0.15, -0.1) is 0 Å². The fourth-order valence-electron chi connectivity index (χ4n) is 8.83. The zero-order chi connectivity index (χ0) is 21.7. The van der Waals surface area contributed by atoms with Crippen LogP contribution in [0.25, 0.3) is 0 Å². The van der Waals surface area contributed by atoms with Gasteiger partial charge in [0.2, 0.25) is 0 Å². The van der Waals surface area contributed by atoms with Crippen LogP contribution < -0.4 is 0 Å². The van der Waals surface area contributed by atoms with Crippen LogP contribution in [-0.4, -0.2) is 11.2 Å². The normalized spacial score (nSPS) is 45.6. The summed E-state index contributed by atoms with van der Waals surface area (Å²) in [7, 11) is 0. The second-order valence-corrected chi connectivity index (χ2v) is 12.4. The summed E-state index contributed by atoms with van der Waals surface area (Å²) in [5.74, 6) is 5.70. The number of fused-ring (bicyclic) bond motifs is 5. The molecule has 1 nitrogen and oxygen atoms in total. The zero-order valence-electron chi connectivity index (χ0n) is 20.7. The highest BCUT2D eigenvalue weighted by atomic mass is 16.3. The van der Waals surface area contributed by atoms with Gasteiger partial charge in [-0.25, -0.2) is 0 Å². The van der Waals surface area contributed by atoms with E-state index in [1.54, 1.807) is 5.57 Å². The Morgan fingerprint density at radius 3 is 2.50 bits per heavy atom. The average molecular weight is 413 g/mol. The molecule has 0 unspecified atom stereocenters. The van der Waals surface area contributed by atoms with Gasteiger partial charge in [0.25, 0.3) is 0 Å². The number of hydrogen-bond donors (Lipinski definition) is 1. The summed E-state index contributed by atoms with van der Waals surface area (Å²) in [5, 5.41) is 10.2. The van der Waals surface area contributed by atoms with Crippen LogP contribution in [0.15, 0.2) is 23.8 Å². The van der Waals surface area contributed by atoms with Gasteiger partial charge < -0.3 is 5.11 Å². The number of rotatable bonds is 5. The molecule has 0 amide bonds. The van der Waals surface area contributed by atoms with Crippen LogP contribution in [0, 0.1) is 52.3 Å². The number of hydrogen-bond acceptors (Lipinski definition) is 1. The number of allylic oxidation sites excluding steroid dienone is 3. The molecule has 0 heterocycles. The number of aliphatic hydroxyl groups excluding tert-OH is 1. The smallest absolute Gasteiger partial charge is 0.0577 e. The Labute approximate surface area is 186 Å². The van der Waals surface area contributed by atoms with E-state index in [9.17, 15) is 5.11 Å². The monoisotopic (exact) mass is 412 g/mol. The molecule has 0 radical (unpaired) electrons. The van der Waals surface area contributed by atoms with Crippen molar-refractivity contribution in [2.45, 2.75) is 105 Å². The molecule has 4 rings (SSSR count). The van der Waals surface area contributed by atoms with Gasteiger partial charge in [-0.1, -0.05) is 65.3 Å². The van der Waals surface area contributed by atoms with Crippen LogP contribution in [-0.2, 0) is 0 Å². The van der Waals surface area contributed by atoms with E-state index in [4.69, 9.17) is 0 Å². The Kier molecular flexibility index (Phi) is 6.35. The Hall–Kier alpha value is -0.560. The quantitative estimate of drug-likeness (QED) is 0.457. The van der Waals surface area contributed by atoms with Crippen LogP contribution >= 0.6 is 0 Å². The predicted octanol–water partition coefficient (Wildman–Crippen LogP) is 7.80. The van der Waals surface area contributed by atoms with E-state index in [-0.39, 0.29) is 6.10 Å². The van der Waals surface area contributed by atoms with E-state index < -0.39 is 0 Å². The molecule has 3 saturated carbocycles. The highest BCUT2D eigenvalue weighted by Gasteiger charge is 2.58. The molecule has 0 bridgehead atoms. The van der Waals surface area contributed by atoms with Crippen molar-refractivity contribution in [1.29, 1.82) is 0 Å². The third kappa shape index (κ3) is 3.66. The van der Waals surface area contributed by atoms with E-state index in [1.807, 2.05) is 0 Å². The molecule has 170 valence electrons. The third-order valence-electron chi connectivity index (χ3n) is 10.8. The van der Waals surface area contributed by atoms with Gasteiger partial charge in [0.1, 0.15) is 0 Å². The molecule has 1 heteroatoms. The summed E-state index contributed by atoms with van der Waals surface area (Å²) >= 11 is 0. The summed E-state index contributed by atoms with van der Waals surface area (Å²) in [5.41, 5.74) is 2.51. The first-order valence-corrected chi connectivity index (χ1v) is 13.3. The largest absolute Gasteiger partial charge is 0.393 e. The first-order chi connectivity index (χ1) is 14.2. The lowest BCUT2D eigenvalue weighted by Gasteiger charge is -2.58. The highest BCUT2D eigenvalue weighted by Crippen LogP contribution is 2.67. The van der Waals surface area contributed by atoms with Crippen molar-refractivity contribution >= 4 is 0 Å². The summed E-state index contributed by atoms with van der Waals surface area (Å²) in [6.07, 6.45) is 19.1. The van der Waals surface area contributed by atoms with Crippen LogP contribution in [0.1, 0.15) is 99.3 Å². The summed E-state index contributed by atoms with van der Waals surface area (Å²) in [6.45, 7) is 14.8. The predicted molar refractivity (Wildman–Crippen MR) is 128 cm³/mol. The van der Waals surface area contributed by atoms with E-state index >= 15 is 0 Å². The van der Waals surface area contributed by atoms with Crippen molar-refractivity contribution in [1.82, 2.24) is 0 Å². The van der Waals surface area contributed by atoms with Gasteiger partial charge in [-0.3, -0.25) is 0 Å². The molecule has 4 aliphatic rings. The SMILES string of the molecule is CC[C@@H](/C=C\[C@H](C)[C@H]1CC[C@H]2[C@@H]3CC=C4C[C@@H](O)CC[C@]4(C)[C@H]3CC[C@]12C)C(C)C. The van der Waals surface area contributed by atoms with Gasteiger partial charge in [-0.2, -0.15) is 0 Å².